The van der Waals surface area contributed by atoms with Gasteiger partial charge in [-0.15, -0.1) is 0 Å². The third-order valence-corrected chi connectivity index (χ3v) is 4.16. The molecular weight excluding hydrogens is 370 g/mol. The Morgan fingerprint density at radius 2 is 1.81 bits per heavy atom. The molecule has 0 saturated carbocycles. The normalized spacial score (nSPS) is 11.7. The lowest BCUT2D eigenvalue weighted by atomic mass is 10.1. The van der Waals surface area contributed by atoms with Crippen LogP contribution < -0.4 is 14.8 Å². The molecule has 8 heteroatoms. The summed E-state index contributed by atoms with van der Waals surface area (Å²) in [6.45, 7) is 1.76. The minimum absolute atomic E-state index is 0.297. The third kappa shape index (κ3) is 4.20. The van der Waals surface area contributed by atoms with Gasteiger partial charge in [0.2, 0.25) is 11.7 Å². The number of ether oxygens (including phenoxy) is 2. The highest BCUT2D eigenvalue weighted by molar-refractivity contribution is 6.30. The first-order valence-electron chi connectivity index (χ1n) is 8.14. The van der Waals surface area contributed by atoms with Crippen LogP contribution in [-0.2, 0) is 0 Å². The summed E-state index contributed by atoms with van der Waals surface area (Å²) in [6, 6.07) is 11.5. The molecule has 3 aromatic rings. The fourth-order valence-electron chi connectivity index (χ4n) is 2.45. The van der Waals surface area contributed by atoms with E-state index < -0.39 is 6.04 Å². The summed E-state index contributed by atoms with van der Waals surface area (Å²) in [5.41, 5.74) is 1.20. The molecule has 0 aliphatic carbocycles. The smallest absolute Gasteiger partial charge is 0.252 e. The summed E-state index contributed by atoms with van der Waals surface area (Å²) >= 11 is 5.88. The summed E-state index contributed by atoms with van der Waals surface area (Å²) in [7, 11) is 3.05. The molecule has 1 N–H and O–H groups in total. The largest absolute Gasteiger partial charge is 0.493 e. The predicted molar refractivity (Wildman–Crippen MR) is 100 cm³/mol. The van der Waals surface area contributed by atoms with E-state index in [0.29, 0.717) is 33.8 Å². The van der Waals surface area contributed by atoms with Crippen LogP contribution in [0.2, 0.25) is 5.02 Å². The van der Waals surface area contributed by atoms with Crippen molar-refractivity contribution in [1.29, 1.82) is 0 Å². The number of carbonyl (C=O) groups excluding carboxylic acids is 1. The molecule has 1 amide bonds. The number of nitrogens with zero attached hydrogens (tertiary/aromatic N) is 2. The number of rotatable bonds is 6. The van der Waals surface area contributed by atoms with E-state index in [2.05, 4.69) is 15.5 Å². The summed E-state index contributed by atoms with van der Waals surface area (Å²) < 4.78 is 15.7. The standard InChI is InChI=1S/C19H18ClN3O4/c1-11(19-22-17(23-27-19)12-4-7-14(20)8-5-12)21-18(24)13-6-9-15(25-2)16(10-13)26-3/h4-11H,1-3H3,(H,21,24). The molecule has 0 spiro atoms. The lowest BCUT2D eigenvalue weighted by molar-refractivity contribution is 0.0932. The summed E-state index contributed by atoms with van der Waals surface area (Å²) in [5, 5.41) is 7.40. The first kappa shape index (κ1) is 18.7. The number of nitrogens with one attached hydrogen (secondary N) is 1. The highest BCUT2D eigenvalue weighted by Crippen LogP contribution is 2.28. The average Bonchev–Trinajstić information content (AvgIpc) is 3.18. The Morgan fingerprint density at radius 3 is 2.48 bits per heavy atom. The number of hydrogen-bond donors (Lipinski definition) is 1. The monoisotopic (exact) mass is 387 g/mol. The van der Waals surface area contributed by atoms with Crippen LogP contribution in [0.4, 0.5) is 0 Å². The maximum absolute atomic E-state index is 12.5. The van der Waals surface area contributed by atoms with Gasteiger partial charge in [0.1, 0.15) is 6.04 Å². The van der Waals surface area contributed by atoms with Gasteiger partial charge in [0.05, 0.1) is 14.2 Å². The average molecular weight is 388 g/mol. The molecule has 27 heavy (non-hydrogen) atoms. The molecule has 1 unspecified atom stereocenters. The van der Waals surface area contributed by atoms with E-state index in [1.54, 1.807) is 49.4 Å². The number of benzene rings is 2. The van der Waals surface area contributed by atoms with E-state index in [1.807, 2.05) is 0 Å². The van der Waals surface area contributed by atoms with Gasteiger partial charge in [0.15, 0.2) is 11.5 Å². The zero-order valence-corrected chi connectivity index (χ0v) is 15.8. The van der Waals surface area contributed by atoms with Gasteiger partial charge >= 0.3 is 0 Å². The van der Waals surface area contributed by atoms with Crippen molar-refractivity contribution in [3.05, 3.63) is 58.9 Å². The molecule has 0 bridgehead atoms. The van der Waals surface area contributed by atoms with Gasteiger partial charge in [-0.3, -0.25) is 4.79 Å². The molecule has 0 saturated heterocycles. The summed E-state index contributed by atoms with van der Waals surface area (Å²) in [4.78, 5) is 16.8. The summed E-state index contributed by atoms with van der Waals surface area (Å²) in [6.07, 6.45) is 0. The highest BCUT2D eigenvalue weighted by Gasteiger charge is 2.19. The molecular formula is C19H18ClN3O4. The zero-order valence-electron chi connectivity index (χ0n) is 15.0. The van der Waals surface area contributed by atoms with Gasteiger partial charge in [-0.05, 0) is 49.4 Å². The molecule has 7 nitrogen and oxygen atoms in total. The molecule has 3 rings (SSSR count). The fraction of sp³-hybridized carbons (Fsp3) is 0.211. The number of halogens is 1. The first-order valence-corrected chi connectivity index (χ1v) is 8.52. The van der Waals surface area contributed by atoms with Gasteiger partial charge in [-0.25, -0.2) is 0 Å². The third-order valence-electron chi connectivity index (χ3n) is 3.91. The first-order chi connectivity index (χ1) is 13.0. The zero-order chi connectivity index (χ0) is 19.4. The second-order valence-electron chi connectivity index (χ2n) is 5.73. The molecule has 0 radical (unpaired) electrons. The molecule has 1 atom stereocenters. The Hall–Kier alpha value is -3.06. The second kappa shape index (κ2) is 8.09. The van der Waals surface area contributed by atoms with Crippen molar-refractivity contribution in [3.63, 3.8) is 0 Å². The van der Waals surface area contributed by atoms with E-state index in [-0.39, 0.29) is 5.91 Å². The van der Waals surface area contributed by atoms with E-state index in [4.69, 9.17) is 25.6 Å². The molecule has 0 aliphatic heterocycles. The minimum atomic E-state index is -0.473. The van der Waals surface area contributed by atoms with Crippen molar-refractivity contribution < 1.29 is 18.8 Å². The Kier molecular flexibility index (Phi) is 5.61. The SMILES string of the molecule is COc1ccc(C(=O)NC(C)c2nc(-c3ccc(Cl)cc3)no2)cc1OC. The van der Waals surface area contributed by atoms with Crippen molar-refractivity contribution in [2.45, 2.75) is 13.0 Å². The summed E-state index contributed by atoms with van der Waals surface area (Å²) in [5.74, 6) is 1.45. The van der Waals surface area contributed by atoms with Gasteiger partial charge in [-0.1, -0.05) is 16.8 Å². The van der Waals surface area contributed by atoms with E-state index in [0.717, 1.165) is 5.56 Å². The predicted octanol–water partition coefficient (Wildman–Crippen LogP) is 3.90. The topological polar surface area (TPSA) is 86.5 Å². The van der Waals surface area contributed by atoms with Gasteiger partial charge in [-0.2, -0.15) is 4.98 Å². The van der Waals surface area contributed by atoms with Gasteiger partial charge in [0.25, 0.3) is 5.91 Å². The van der Waals surface area contributed by atoms with Crippen LogP contribution in [0.15, 0.2) is 47.0 Å². The van der Waals surface area contributed by atoms with Crippen LogP contribution in [-0.4, -0.2) is 30.3 Å². The number of amides is 1. The number of carbonyl (C=O) groups is 1. The molecule has 2 aromatic carbocycles. The molecule has 0 aliphatic rings. The van der Waals surface area contributed by atoms with Crippen molar-refractivity contribution in [2.75, 3.05) is 14.2 Å². The molecule has 0 fully saturated rings. The fourth-order valence-corrected chi connectivity index (χ4v) is 2.57. The van der Waals surface area contributed by atoms with Gasteiger partial charge < -0.3 is 19.3 Å². The quantitative estimate of drug-likeness (QED) is 0.690. The number of aromatic nitrogens is 2. The lowest BCUT2D eigenvalue weighted by Crippen LogP contribution is -2.26. The van der Waals surface area contributed by atoms with E-state index in [1.165, 1.54) is 14.2 Å². The lowest BCUT2D eigenvalue weighted by Gasteiger charge is -2.12. The maximum atomic E-state index is 12.5. The Bertz CT molecular complexity index is 940. The van der Waals surface area contributed by atoms with Crippen LogP contribution in [0.25, 0.3) is 11.4 Å². The van der Waals surface area contributed by atoms with Crippen LogP contribution >= 0.6 is 11.6 Å². The van der Waals surface area contributed by atoms with Crippen molar-refractivity contribution >= 4 is 17.5 Å². The van der Waals surface area contributed by atoms with Crippen LogP contribution in [0.5, 0.6) is 11.5 Å². The Labute approximate surface area is 161 Å². The van der Waals surface area contributed by atoms with Crippen LogP contribution in [0, 0.1) is 0 Å². The van der Waals surface area contributed by atoms with Crippen molar-refractivity contribution in [1.82, 2.24) is 15.5 Å². The van der Waals surface area contributed by atoms with Crippen LogP contribution in [0.1, 0.15) is 29.2 Å². The van der Waals surface area contributed by atoms with Crippen LogP contribution in [0.3, 0.4) is 0 Å². The Balaban J connectivity index is 1.72. The Morgan fingerprint density at radius 1 is 1.11 bits per heavy atom. The molecule has 140 valence electrons. The minimum Gasteiger partial charge on any atom is -0.493 e. The van der Waals surface area contributed by atoms with E-state index >= 15 is 0 Å². The number of hydrogen-bond acceptors (Lipinski definition) is 6. The number of methoxy groups -OCH3 is 2. The van der Waals surface area contributed by atoms with Crippen molar-refractivity contribution in [2.24, 2.45) is 0 Å². The highest BCUT2D eigenvalue weighted by atomic mass is 35.5. The van der Waals surface area contributed by atoms with Crippen molar-refractivity contribution in [3.8, 4) is 22.9 Å². The molecule has 1 aromatic heterocycles. The van der Waals surface area contributed by atoms with Gasteiger partial charge in [0, 0.05) is 16.1 Å². The second-order valence-corrected chi connectivity index (χ2v) is 6.16. The molecule has 1 heterocycles. The maximum Gasteiger partial charge on any atom is 0.252 e. The van der Waals surface area contributed by atoms with E-state index in [9.17, 15) is 4.79 Å².